The Morgan fingerprint density at radius 1 is 1.12 bits per heavy atom. The summed E-state index contributed by atoms with van der Waals surface area (Å²) in [5.74, 6) is 0.214. The van der Waals surface area contributed by atoms with E-state index in [2.05, 4.69) is 10.2 Å². The van der Waals surface area contributed by atoms with Crippen LogP contribution in [0.2, 0.25) is 0 Å². The van der Waals surface area contributed by atoms with Crippen molar-refractivity contribution in [1.82, 2.24) is 10.2 Å². The monoisotopic (exact) mass is 377 g/mol. The molecule has 0 aromatic heterocycles. The van der Waals surface area contributed by atoms with Crippen molar-refractivity contribution in [2.75, 3.05) is 16.6 Å². The molecule has 1 saturated heterocycles. The second kappa shape index (κ2) is 7.10. The van der Waals surface area contributed by atoms with E-state index < -0.39 is 10.0 Å². The number of nitrogens with one attached hydrogen (secondary N) is 1. The van der Waals surface area contributed by atoms with Crippen molar-refractivity contribution in [2.24, 2.45) is 0 Å². The average Bonchev–Trinajstić information content (AvgIpc) is 3.16. The van der Waals surface area contributed by atoms with E-state index in [1.807, 2.05) is 24.3 Å². The minimum atomic E-state index is -3.18. The normalized spacial score (nSPS) is 22.5. The van der Waals surface area contributed by atoms with Crippen LogP contribution in [0.25, 0.3) is 0 Å². The largest absolute Gasteiger partial charge is 0.334 e. The van der Waals surface area contributed by atoms with Gasteiger partial charge in [-0.1, -0.05) is 25.0 Å². The lowest BCUT2D eigenvalue weighted by Gasteiger charge is -2.29. The second-order valence-electron chi connectivity index (χ2n) is 7.65. The molecule has 0 bridgehead atoms. The molecule has 0 atom stereocenters. The van der Waals surface area contributed by atoms with E-state index >= 15 is 0 Å². The van der Waals surface area contributed by atoms with Gasteiger partial charge in [-0.15, -0.1) is 0 Å². The maximum atomic E-state index is 12.7. The van der Waals surface area contributed by atoms with Crippen LogP contribution in [0, 0.1) is 0 Å². The summed E-state index contributed by atoms with van der Waals surface area (Å²) in [5, 5.41) is 3.05. The molecule has 142 valence electrons. The van der Waals surface area contributed by atoms with Crippen molar-refractivity contribution in [2.45, 2.75) is 63.6 Å². The number of urea groups is 1. The Hall–Kier alpha value is -1.76. The molecule has 1 aromatic carbocycles. The first-order valence-corrected chi connectivity index (χ1v) is 11.3. The van der Waals surface area contributed by atoms with Crippen molar-refractivity contribution in [3.63, 3.8) is 0 Å². The van der Waals surface area contributed by atoms with Gasteiger partial charge in [-0.3, -0.25) is 4.31 Å². The fourth-order valence-electron chi connectivity index (χ4n) is 4.18. The lowest BCUT2D eigenvalue weighted by Crippen LogP contribution is -2.46. The standard InChI is InChI=1S/C19H27N3O3S/c23-19(22(17-9-10-17)16-6-1-2-7-16)20-14-15-5-3-8-18(13-15)21-11-4-12-26(21,24)25/h3,5,8,13,16-17H,1-2,4,6-7,9-12,14H2,(H,20,23). The van der Waals surface area contributed by atoms with Crippen LogP contribution in [0.15, 0.2) is 24.3 Å². The molecule has 2 amide bonds. The number of sulfonamides is 1. The molecule has 26 heavy (non-hydrogen) atoms. The molecule has 1 heterocycles. The van der Waals surface area contributed by atoms with E-state index in [0.29, 0.717) is 37.3 Å². The Labute approximate surface area is 155 Å². The maximum absolute atomic E-state index is 12.7. The van der Waals surface area contributed by atoms with Crippen molar-refractivity contribution < 1.29 is 13.2 Å². The van der Waals surface area contributed by atoms with Gasteiger partial charge in [0, 0.05) is 25.2 Å². The van der Waals surface area contributed by atoms with Gasteiger partial charge in [-0.05, 0) is 49.8 Å². The van der Waals surface area contributed by atoms with Crippen molar-refractivity contribution >= 4 is 21.7 Å². The number of hydrogen-bond acceptors (Lipinski definition) is 3. The summed E-state index contributed by atoms with van der Waals surface area (Å²) >= 11 is 0. The third kappa shape index (κ3) is 3.68. The summed E-state index contributed by atoms with van der Waals surface area (Å²) in [6.45, 7) is 0.964. The molecule has 1 N–H and O–H groups in total. The molecule has 3 fully saturated rings. The molecule has 0 radical (unpaired) electrons. The molecule has 1 aromatic rings. The molecule has 2 aliphatic carbocycles. The fourth-order valence-corrected chi connectivity index (χ4v) is 5.74. The van der Waals surface area contributed by atoms with Crippen LogP contribution in [0.1, 0.15) is 50.5 Å². The second-order valence-corrected chi connectivity index (χ2v) is 9.66. The van der Waals surface area contributed by atoms with Crippen LogP contribution < -0.4 is 9.62 Å². The average molecular weight is 378 g/mol. The molecular weight excluding hydrogens is 350 g/mol. The number of benzene rings is 1. The molecule has 6 nitrogen and oxygen atoms in total. The molecule has 1 aliphatic heterocycles. The molecule has 2 saturated carbocycles. The highest BCUT2D eigenvalue weighted by molar-refractivity contribution is 7.93. The number of anilines is 1. The van der Waals surface area contributed by atoms with Crippen LogP contribution in [-0.4, -0.2) is 43.7 Å². The lowest BCUT2D eigenvalue weighted by molar-refractivity contribution is 0.170. The van der Waals surface area contributed by atoms with E-state index in [-0.39, 0.29) is 11.8 Å². The van der Waals surface area contributed by atoms with Crippen molar-refractivity contribution in [3.8, 4) is 0 Å². The van der Waals surface area contributed by atoms with Crippen LogP contribution in [0.4, 0.5) is 10.5 Å². The topological polar surface area (TPSA) is 69.7 Å². The van der Waals surface area contributed by atoms with E-state index in [9.17, 15) is 13.2 Å². The molecular formula is C19H27N3O3S. The minimum Gasteiger partial charge on any atom is -0.334 e. The number of carbonyl (C=O) groups is 1. The number of nitrogens with zero attached hydrogens (tertiary/aromatic N) is 2. The van der Waals surface area contributed by atoms with Gasteiger partial charge in [0.05, 0.1) is 11.4 Å². The highest BCUT2D eigenvalue weighted by atomic mass is 32.2. The summed E-state index contributed by atoms with van der Waals surface area (Å²) < 4.78 is 25.7. The van der Waals surface area contributed by atoms with Gasteiger partial charge in [0.1, 0.15) is 0 Å². The maximum Gasteiger partial charge on any atom is 0.318 e. The number of carbonyl (C=O) groups excluding carboxylic acids is 1. The van der Waals surface area contributed by atoms with Crippen molar-refractivity contribution in [3.05, 3.63) is 29.8 Å². The third-order valence-corrected chi connectivity index (χ3v) is 7.50. The van der Waals surface area contributed by atoms with Gasteiger partial charge in [-0.2, -0.15) is 0 Å². The predicted octanol–water partition coefficient (Wildman–Crippen LogP) is 2.84. The molecule has 0 spiro atoms. The van der Waals surface area contributed by atoms with Crippen LogP contribution >= 0.6 is 0 Å². The first kappa shape index (κ1) is 17.6. The summed E-state index contributed by atoms with van der Waals surface area (Å²) in [4.78, 5) is 14.8. The summed E-state index contributed by atoms with van der Waals surface area (Å²) in [7, 11) is -3.18. The van der Waals surface area contributed by atoms with Gasteiger partial charge in [0.15, 0.2) is 0 Å². The van der Waals surface area contributed by atoms with Gasteiger partial charge in [0.2, 0.25) is 10.0 Å². The van der Waals surface area contributed by atoms with E-state index in [4.69, 9.17) is 0 Å². The van der Waals surface area contributed by atoms with Crippen molar-refractivity contribution in [1.29, 1.82) is 0 Å². The Kier molecular flexibility index (Phi) is 4.82. The first-order valence-electron chi connectivity index (χ1n) is 9.70. The highest BCUT2D eigenvalue weighted by Crippen LogP contribution is 2.34. The molecule has 0 unspecified atom stereocenters. The van der Waals surface area contributed by atoms with Gasteiger partial charge < -0.3 is 10.2 Å². The van der Waals surface area contributed by atoms with E-state index in [1.165, 1.54) is 17.1 Å². The van der Waals surface area contributed by atoms with Crippen LogP contribution in [0.3, 0.4) is 0 Å². The summed E-state index contributed by atoms with van der Waals surface area (Å²) in [6.07, 6.45) is 7.57. The highest BCUT2D eigenvalue weighted by Gasteiger charge is 2.38. The van der Waals surface area contributed by atoms with E-state index in [1.54, 1.807) is 0 Å². The Morgan fingerprint density at radius 2 is 1.85 bits per heavy atom. The van der Waals surface area contributed by atoms with E-state index in [0.717, 1.165) is 31.2 Å². The number of rotatable bonds is 5. The van der Waals surface area contributed by atoms with Crippen LogP contribution in [-0.2, 0) is 16.6 Å². The molecule has 7 heteroatoms. The number of amides is 2. The smallest absolute Gasteiger partial charge is 0.318 e. The summed E-state index contributed by atoms with van der Waals surface area (Å²) in [6, 6.07) is 8.33. The van der Waals surface area contributed by atoms with Gasteiger partial charge in [0.25, 0.3) is 0 Å². The Morgan fingerprint density at radius 3 is 2.50 bits per heavy atom. The Balaban J connectivity index is 1.41. The van der Waals surface area contributed by atoms with Gasteiger partial charge >= 0.3 is 6.03 Å². The number of hydrogen-bond donors (Lipinski definition) is 1. The van der Waals surface area contributed by atoms with Gasteiger partial charge in [-0.25, -0.2) is 13.2 Å². The fraction of sp³-hybridized carbons (Fsp3) is 0.632. The predicted molar refractivity (Wildman–Crippen MR) is 102 cm³/mol. The zero-order chi connectivity index (χ0) is 18.1. The van der Waals surface area contributed by atoms with Crippen LogP contribution in [0.5, 0.6) is 0 Å². The quantitative estimate of drug-likeness (QED) is 0.858. The molecule has 3 aliphatic rings. The lowest BCUT2D eigenvalue weighted by atomic mass is 10.2. The SMILES string of the molecule is O=C(NCc1cccc(N2CCCS2(=O)=O)c1)N(C1CCCC1)C1CC1. The minimum absolute atomic E-state index is 0.0265. The Bertz CT molecular complexity index is 770. The third-order valence-electron chi connectivity index (χ3n) is 5.63. The molecule has 4 rings (SSSR count). The first-order chi connectivity index (χ1) is 12.5. The summed E-state index contributed by atoms with van der Waals surface area (Å²) in [5.41, 5.74) is 1.63. The zero-order valence-electron chi connectivity index (χ0n) is 15.1. The zero-order valence-corrected chi connectivity index (χ0v) is 15.9.